The van der Waals surface area contributed by atoms with E-state index in [9.17, 15) is 14.0 Å². The van der Waals surface area contributed by atoms with E-state index in [4.69, 9.17) is 11.6 Å². The molecule has 0 radical (unpaired) electrons. The summed E-state index contributed by atoms with van der Waals surface area (Å²) >= 11 is 7.52. The molecule has 0 bridgehead atoms. The highest BCUT2D eigenvalue weighted by molar-refractivity contribution is 7.99. The zero-order valence-electron chi connectivity index (χ0n) is 20.5. The first-order valence-corrected chi connectivity index (χ1v) is 13.7. The number of rotatable bonds is 13. The second-order valence-corrected chi connectivity index (χ2v) is 10.0. The van der Waals surface area contributed by atoms with Crippen LogP contribution in [-0.2, 0) is 28.3 Å². The lowest BCUT2D eigenvalue weighted by Gasteiger charge is -2.31. The van der Waals surface area contributed by atoms with Crippen molar-refractivity contribution in [3.8, 4) is 0 Å². The van der Waals surface area contributed by atoms with Crippen molar-refractivity contribution in [2.24, 2.45) is 0 Å². The van der Waals surface area contributed by atoms with Crippen molar-refractivity contribution in [1.29, 1.82) is 0 Å². The molecule has 0 aliphatic heterocycles. The number of carbonyl (C=O) groups is 2. The highest BCUT2D eigenvalue weighted by atomic mass is 35.5. The zero-order chi connectivity index (χ0) is 25.8. The van der Waals surface area contributed by atoms with Gasteiger partial charge in [-0.05, 0) is 47.4 Å². The largest absolute Gasteiger partial charge is 0.354 e. The fourth-order valence-corrected chi connectivity index (χ4v) is 4.76. The average molecular weight is 527 g/mol. The molecule has 0 saturated carbocycles. The van der Waals surface area contributed by atoms with Gasteiger partial charge in [-0.3, -0.25) is 9.59 Å². The Balaban J connectivity index is 1.81. The lowest BCUT2D eigenvalue weighted by Crippen LogP contribution is -2.51. The molecule has 0 saturated heterocycles. The first-order chi connectivity index (χ1) is 17.5. The van der Waals surface area contributed by atoms with Crippen LogP contribution >= 0.6 is 23.4 Å². The van der Waals surface area contributed by atoms with Gasteiger partial charge in [-0.15, -0.1) is 11.8 Å². The molecule has 1 N–H and O–H groups in total. The van der Waals surface area contributed by atoms with Gasteiger partial charge >= 0.3 is 0 Å². The van der Waals surface area contributed by atoms with E-state index in [1.165, 1.54) is 23.9 Å². The number of hydrogen-bond donors (Lipinski definition) is 1. The molecule has 0 fully saturated rings. The third-order valence-corrected chi connectivity index (χ3v) is 7.01. The number of thioether (sulfide) groups is 1. The Morgan fingerprint density at radius 2 is 1.61 bits per heavy atom. The van der Waals surface area contributed by atoms with E-state index in [1.54, 1.807) is 29.2 Å². The van der Waals surface area contributed by atoms with Gasteiger partial charge in [-0.25, -0.2) is 4.39 Å². The Morgan fingerprint density at radius 1 is 0.944 bits per heavy atom. The first-order valence-electron chi connectivity index (χ1n) is 12.1. The first kappa shape index (κ1) is 27.8. The average Bonchev–Trinajstić information content (AvgIpc) is 2.89. The Labute approximate surface area is 222 Å². The smallest absolute Gasteiger partial charge is 0.243 e. The van der Waals surface area contributed by atoms with Crippen molar-refractivity contribution in [2.45, 2.75) is 44.5 Å². The van der Waals surface area contributed by atoms with Crippen molar-refractivity contribution >= 4 is 35.2 Å². The van der Waals surface area contributed by atoms with Crippen LogP contribution in [0.25, 0.3) is 0 Å². The van der Waals surface area contributed by atoms with E-state index >= 15 is 0 Å². The van der Waals surface area contributed by atoms with Crippen LogP contribution in [0.4, 0.5) is 4.39 Å². The molecule has 36 heavy (non-hydrogen) atoms. The summed E-state index contributed by atoms with van der Waals surface area (Å²) in [4.78, 5) is 28.6. The third kappa shape index (κ3) is 8.99. The number of amides is 2. The van der Waals surface area contributed by atoms with Crippen LogP contribution in [0.3, 0.4) is 0 Å². The molecule has 4 nitrogen and oxygen atoms in total. The van der Waals surface area contributed by atoms with Gasteiger partial charge in [-0.2, -0.15) is 0 Å². The number of hydrogen-bond acceptors (Lipinski definition) is 3. The predicted molar refractivity (Wildman–Crippen MR) is 146 cm³/mol. The molecule has 0 aliphatic rings. The van der Waals surface area contributed by atoms with Gasteiger partial charge in [0.25, 0.3) is 0 Å². The second kappa shape index (κ2) is 14.7. The van der Waals surface area contributed by atoms with Crippen molar-refractivity contribution in [3.05, 3.63) is 106 Å². The number of unbranched alkanes of at least 4 members (excludes halogenated alkanes) is 1. The van der Waals surface area contributed by atoms with Gasteiger partial charge in [0.2, 0.25) is 11.8 Å². The molecule has 0 aliphatic carbocycles. The van der Waals surface area contributed by atoms with Crippen molar-refractivity contribution < 1.29 is 14.0 Å². The highest BCUT2D eigenvalue weighted by Gasteiger charge is 2.30. The summed E-state index contributed by atoms with van der Waals surface area (Å²) in [6.07, 6.45) is 2.26. The van der Waals surface area contributed by atoms with E-state index in [0.717, 1.165) is 29.5 Å². The molecule has 7 heteroatoms. The minimum atomic E-state index is -0.654. The van der Waals surface area contributed by atoms with E-state index in [2.05, 4.69) is 12.2 Å². The Morgan fingerprint density at radius 3 is 2.28 bits per heavy atom. The maximum absolute atomic E-state index is 13.6. The Bertz CT molecular complexity index is 1090. The SMILES string of the molecule is CCCCNC(=O)[C@@H](Cc1ccccc1)N(Cc1ccc(Cl)cc1)C(=O)CSCc1ccc(F)cc1. The van der Waals surface area contributed by atoms with Crippen LogP contribution in [0.5, 0.6) is 0 Å². The summed E-state index contributed by atoms with van der Waals surface area (Å²) in [5.74, 6) is 0.222. The number of nitrogens with zero attached hydrogens (tertiary/aromatic N) is 1. The molecule has 0 unspecified atom stereocenters. The number of benzene rings is 3. The molecule has 3 aromatic rings. The summed E-state index contributed by atoms with van der Waals surface area (Å²) in [6, 6.07) is 22.7. The fourth-order valence-electron chi connectivity index (χ4n) is 3.77. The fraction of sp³-hybridized carbons (Fsp3) is 0.310. The predicted octanol–water partition coefficient (Wildman–Crippen LogP) is 6.27. The molecule has 2 amide bonds. The molecular formula is C29H32ClFN2O2S. The maximum atomic E-state index is 13.6. The van der Waals surface area contributed by atoms with Crippen LogP contribution in [-0.4, -0.2) is 35.1 Å². The van der Waals surface area contributed by atoms with E-state index in [1.807, 2.05) is 42.5 Å². The molecule has 0 spiro atoms. The normalized spacial score (nSPS) is 11.6. The van der Waals surface area contributed by atoms with Crippen molar-refractivity contribution in [1.82, 2.24) is 10.2 Å². The number of carbonyl (C=O) groups excluding carboxylic acids is 2. The Kier molecular flexibility index (Phi) is 11.3. The minimum absolute atomic E-state index is 0.122. The number of halogens is 2. The van der Waals surface area contributed by atoms with Gasteiger partial charge in [0.15, 0.2) is 0 Å². The van der Waals surface area contributed by atoms with Gasteiger partial charge in [0.1, 0.15) is 11.9 Å². The number of nitrogens with one attached hydrogen (secondary N) is 1. The lowest BCUT2D eigenvalue weighted by atomic mass is 10.0. The van der Waals surface area contributed by atoms with Crippen LogP contribution in [0.1, 0.15) is 36.5 Å². The van der Waals surface area contributed by atoms with E-state index in [-0.39, 0.29) is 23.4 Å². The lowest BCUT2D eigenvalue weighted by molar-refractivity contribution is -0.139. The molecular weight excluding hydrogens is 495 g/mol. The quantitative estimate of drug-likeness (QED) is 0.267. The third-order valence-electron chi connectivity index (χ3n) is 5.77. The van der Waals surface area contributed by atoms with Crippen molar-refractivity contribution in [2.75, 3.05) is 12.3 Å². The summed E-state index contributed by atoms with van der Waals surface area (Å²) in [5.41, 5.74) is 2.83. The van der Waals surface area contributed by atoms with Crippen LogP contribution < -0.4 is 5.32 Å². The van der Waals surface area contributed by atoms with Gasteiger partial charge in [0.05, 0.1) is 5.75 Å². The monoisotopic (exact) mass is 526 g/mol. The van der Waals surface area contributed by atoms with Crippen LogP contribution in [0, 0.1) is 5.82 Å². The van der Waals surface area contributed by atoms with Gasteiger partial charge in [0, 0.05) is 30.3 Å². The minimum Gasteiger partial charge on any atom is -0.354 e. The van der Waals surface area contributed by atoms with E-state index in [0.29, 0.717) is 30.3 Å². The van der Waals surface area contributed by atoms with E-state index < -0.39 is 6.04 Å². The second-order valence-electron chi connectivity index (χ2n) is 8.62. The van der Waals surface area contributed by atoms with Crippen LogP contribution in [0.15, 0.2) is 78.9 Å². The standard InChI is InChI=1S/C29H32ClFN2O2S/c1-2-3-17-32-29(35)27(18-22-7-5-4-6-8-22)33(19-23-9-13-25(30)14-10-23)28(34)21-36-20-24-11-15-26(31)16-12-24/h4-16,27H,2-3,17-21H2,1H3,(H,32,35)/t27-/m1/s1. The molecule has 3 rings (SSSR count). The zero-order valence-corrected chi connectivity index (χ0v) is 22.0. The molecule has 3 aromatic carbocycles. The molecule has 190 valence electrons. The summed E-state index contributed by atoms with van der Waals surface area (Å²) in [6.45, 7) is 2.94. The molecule has 1 atom stereocenters. The summed E-state index contributed by atoms with van der Waals surface area (Å²) < 4.78 is 13.2. The van der Waals surface area contributed by atoms with Gasteiger partial charge in [-0.1, -0.05) is 79.5 Å². The highest BCUT2D eigenvalue weighted by Crippen LogP contribution is 2.20. The molecule has 0 aromatic heterocycles. The van der Waals surface area contributed by atoms with Crippen molar-refractivity contribution in [3.63, 3.8) is 0 Å². The van der Waals surface area contributed by atoms with Crippen LogP contribution in [0.2, 0.25) is 5.02 Å². The Hall–Kier alpha value is -2.83. The maximum Gasteiger partial charge on any atom is 0.243 e. The molecule has 0 heterocycles. The summed E-state index contributed by atoms with van der Waals surface area (Å²) in [5, 5.41) is 3.64. The van der Waals surface area contributed by atoms with Gasteiger partial charge < -0.3 is 10.2 Å². The topological polar surface area (TPSA) is 49.4 Å². The summed E-state index contributed by atoms with van der Waals surface area (Å²) in [7, 11) is 0.